The first kappa shape index (κ1) is 11.2. The van der Waals surface area contributed by atoms with Crippen LogP contribution in [0.15, 0.2) is 0 Å². The molecule has 0 saturated carbocycles. The molecule has 0 aromatic carbocycles. The van der Waals surface area contributed by atoms with Crippen LogP contribution < -0.4 is 0 Å². The standard InChI is InChI=1S/C9H19ClO/c1-5-11-6-8(4)9(10)7(2)3/h7-9H,5-6H2,1-4H3. The Morgan fingerprint density at radius 2 is 1.82 bits per heavy atom. The van der Waals surface area contributed by atoms with E-state index in [-0.39, 0.29) is 5.38 Å². The van der Waals surface area contributed by atoms with E-state index in [9.17, 15) is 0 Å². The molecular weight excluding hydrogens is 160 g/mol. The van der Waals surface area contributed by atoms with Crippen molar-refractivity contribution >= 4 is 11.6 Å². The van der Waals surface area contributed by atoms with E-state index < -0.39 is 0 Å². The number of hydrogen-bond acceptors (Lipinski definition) is 1. The molecule has 0 amide bonds. The maximum Gasteiger partial charge on any atom is 0.0505 e. The summed E-state index contributed by atoms with van der Waals surface area (Å²) < 4.78 is 5.28. The van der Waals surface area contributed by atoms with E-state index in [4.69, 9.17) is 16.3 Å². The highest BCUT2D eigenvalue weighted by Crippen LogP contribution is 2.19. The average Bonchev–Trinajstić information content (AvgIpc) is 1.98. The fourth-order valence-corrected chi connectivity index (χ4v) is 1.13. The minimum atomic E-state index is 0.238. The first-order valence-electron chi connectivity index (χ1n) is 4.31. The molecule has 0 aromatic rings. The van der Waals surface area contributed by atoms with Gasteiger partial charge in [-0.3, -0.25) is 0 Å². The molecule has 0 saturated heterocycles. The normalized spacial score (nSPS) is 16.9. The van der Waals surface area contributed by atoms with Gasteiger partial charge in [-0.1, -0.05) is 20.8 Å². The third-order valence-electron chi connectivity index (χ3n) is 1.77. The molecule has 0 aromatic heterocycles. The van der Waals surface area contributed by atoms with E-state index in [0.29, 0.717) is 11.8 Å². The SMILES string of the molecule is CCOCC(C)C(Cl)C(C)C. The van der Waals surface area contributed by atoms with Crippen molar-refractivity contribution in [2.45, 2.75) is 33.1 Å². The Morgan fingerprint density at radius 3 is 2.18 bits per heavy atom. The van der Waals surface area contributed by atoms with Crippen LogP contribution in [0.3, 0.4) is 0 Å². The molecule has 0 aliphatic rings. The largest absolute Gasteiger partial charge is 0.381 e. The maximum absolute atomic E-state index is 6.12. The number of hydrogen-bond donors (Lipinski definition) is 0. The summed E-state index contributed by atoms with van der Waals surface area (Å²) in [4.78, 5) is 0. The summed E-state index contributed by atoms with van der Waals surface area (Å²) >= 11 is 6.12. The Hall–Kier alpha value is 0.250. The highest BCUT2D eigenvalue weighted by atomic mass is 35.5. The molecule has 0 aliphatic heterocycles. The third-order valence-corrected chi connectivity index (χ3v) is 2.70. The van der Waals surface area contributed by atoms with Gasteiger partial charge >= 0.3 is 0 Å². The summed E-state index contributed by atoms with van der Waals surface area (Å²) in [5, 5.41) is 0.238. The van der Waals surface area contributed by atoms with Crippen LogP contribution in [0, 0.1) is 11.8 Å². The zero-order valence-corrected chi connectivity index (χ0v) is 8.69. The van der Waals surface area contributed by atoms with Crippen LogP contribution in [-0.4, -0.2) is 18.6 Å². The van der Waals surface area contributed by atoms with Crippen LogP contribution in [0.25, 0.3) is 0 Å². The molecule has 0 spiro atoms. The summed E-state index contributed by atoms with van der Waals surface area (Å²) in [7, 11) is 0. The lowest BCUT2D eigenvalue weighted by molar-refractivity contribution is 0.110. The zero-order chi connectivity index (χ0) is 8.85. The molecule has 0 heterocycles. The Labute approximate surface area is 75.1 Å². The van der Waals surface area contributed by atoms with Gasteiger partial charge in [-0.15, -0.1) is 11.6 Å². The smallest absolute Gasteiger partial charge is 0.0505 e. The first-order valence-corrected chi connectivity index (χ1v) is 4.75. The zero-order valence-electron chi connectivity index (χ0n) is 7.93. The summed E-state index contributed by atoms with van der Waals surface area (Å²) in [5.74, 6) is 0.990. The van der Waals surface area contributed by atoms with Crippen molar-refractivity contribution in [1.29, 1.82) is 0 Å². The minimum Gasteiger partial charge on any atom is -0.381 e. The van der Waals surface area contributed by atoms with Crippen molar-refractivity contribution in [2.24, 2.45) is 11.8 Å². The molecule has 0 bridgehead atoms. The van der Waals surface area contributed by atoms with Crippen molar-refractivity contribution in [3.8, 4) is 0 Å². The summed E-state index contributed by atoms with van der Waals surface area (Å²) in [6, 6.07) is 0. The summed E-state index contributed by atoms with van der Waals surface area (Å²) in [5.41, 5.74) is 0. The molecule has 0 rings (SSSR count). The van der Waals surface area contributed by atoms with Gasteiger partial charge in [-0.25, -0.2) is 0 Å². The second-order valence-corrected chi connectivity index (χ2v) is 3.83. The molecule has 0 N–H and O–H groups in total. The molecule has 2 unspecified atom stereocenters. The lowest BCUT2D eigenvalue weighted by atomic mass is 9.99. The van der Waals surface area contributed by atoms with Gasteiger partial charge in [0, 0.05) is 12.0 Å². The van der Waals surface area contributed by atoms with E-state index in [1.807, 2.05) is 6.92 Å². The Morgan fingerprint density at radius 1 is 1.27 bits per heavy atom. The predicted octanol–water partition coefficient (Wildman–Crippen LogP) is 2.92. The van der Waals surface area contributed by atoms with Crippen molar-refractivity contribution < 1.29 is 4.74 Å². The van der Waals surface area contributed by atoms with Gasteiger partial charge in [0.2, 0.25) is 0 Å². The lowest BCUT2D eigenvalue weighted by Gasteiger charge is -2.20. The highest BCUT2D eigenvalue weighted by molar-refractivity contribution is 6.20. The van der Waals surface area contributed by atoms with Gasteiger partial charge in [0.15, 0.2) is 0 Å². The van der Waals surface area contributed by atoms with Gasteiger partial charge in [-0.2, -0.15) is 0 Å². The minimum absolute atomic E-state index is 0.238. The van der Waals surface area contributed by atoms with E-state index in [1.165, 1.54) is 0 Å². The lowest BCUT2D eigenvalue weighted by Crippen LogP contribution is -2.22. The highest BCUT2D eigenvalue weighted by Gasteiger charge is 2.17. The third kappa shape index (κ3) is 4.65. The molecule has 2 atom stereocenters. The van der Waals surface area contributed by atoms with Gasteiger partial charge in [0.05, 0.1) is 6.61 Å². The van der Waals surface area contributed by atoms with E-state index in [1.54, 1.807) is 0 Å². The van der Waals surface area contributed by atoms with Crippen LogP contribution in [-0.2, 0) is 4.74 Å². The molecule has 1 nitrogen and oxygen atoms in total. The van der Waals surface area contributed by atoms with Crippen molar-refractivity contribution in [1.82, 2.24) is 0 Å². The van der Waals surface area contributed by atoms with Gasteiger partial charge < -0.3 is 4.74 Å². The van der Waals surface area contributed by atoms with Crippen LogP contribution in [0.5, 0.6) is 0 Å². The van der Waals surface area contributed by atoms with Gasteiger partial charge in [0.1, 0.15) is 0 Å². The van der Waals surface area contributed by atoms with E-state index in [0.717, 1.165) is 13.2 Å². The van der Waals surface area contributed by atoms with E-state index >= 15 is 0 Å². The van der Waals surface area contributed by atoms with Crippen molar-refractivity contribution in [2.75, 3.05) is 13.2 Å². The van der Waals surface area contributed by atoms with E-state index in [2.05, 4.69) is 20.8 Å². The molecule has 2 heteroatoms. The van der Waals surface area contributed by atoms with Gasteiger partial charge in [0.25, 0.3) is 0 Å². The van der Waals surface area contributed by atoms with Crippen LogP contribution in [0.4, 0.5) is 0 Å². The molecule has 11 heavy (non-hydrogen) atoms. The molecular formula is C9H19ClO. The Balaban J connectivity index is 3.55. The summed E-state index contributed by atoms with van der Waals surface area (Å²) in [6.07, 6.45) is 0. The second kappa shape index (κ2) is 5.84. The predicted molar refractivity (Wildman–Crippen MR) is 50.1 cm³/mol. The number of halogens is 1. The van der Waals surface area contributed by atoms with Crippen LogP contribution in [0.1, 0.15) is 27.7 Å². The number of ether oxygens (including phenoxy) is 1. The van der Waals surface area contributed by atoms with Crippen LogP contribution in [0.2, 0.25) is 0 Å². The molecule has 0 aliphatic carbocycles. The maximum atomic E-state index is 6.12. The Kier molecular flexibility index (Phi) is 5.98. The topological polar surface area (TPSA) is 9.23 Å². The van der Waals surface area contributed by atoms with Crippen molar-refractivity contribution in [3.63, 3.8) is 0 Å². The second-order valence-electron chi connectivity index (χ2n) is 3.33. The fraction of sp³-hybridized carbons (Fsp3) is 1.00. The summed E-state index contributed by atoms with van der Waals surface area (Å²) in [6.45, 7) is 9.98. The van der Waals surface area contributed by atoms with Crippen molar-refractivity contribution in [3.05, 3.63) is 0 Å². The average molecular weight is 179 g/mol. The fourth-order valence-electron chi connectivity index (χ4n) is 1.05. The quantitative estimate of drug-likeness (QED) is 0.589. The first-order chi connectivity index (χ1) is 5.09. The monoisotopic (exact) mass is 178 g/mol. The van der Waals surface area contributed by atoms with Crippen LogP contribution >= 0.6 is 11.6 Å². The number of alkyl halides is 1. The molecule has 0 fully saturated rings. The van der Waals surface area contributed by atoms with Gasteiger partial charge in [-0.05, 0) is 18.8 Å². The number of rotatable bonds is 5. The molecule has 68 valence electrons. The Bertz CT molecular complexity index is 93.6. The molecule has 0 radical (unpaired) electrons.